The van der Waals surface area contributed by atoms with Crippen LogP contribution < -0.4 is 15.4 Å². The van der Waals surface area contributed by atoms with Crippen LogP contribution in [0.4, 0.5) is 10.5 Å². The Morgan fingerprint density at radius 3 is 2.88 bits per heavy atom. The van der Waals surface area contributed by atoms with E-state index in [1.807, 2.05) is 25.1 Å². The molecule has 0 heterocycles. The van der Waals surface area contributed by atoms with Crippen molar-refractivity contribution in [1.82, 2.24) is 5.32 Å². The molecule has 1 fully saturated rings. The molecule has 2 N–H and O–H groups in total. The summed E-state index contributed by atoms with van der Waals surface area (Å²) in [5.41, 5.74) is 0.741. The fourth-order valence-corrected chi connectivity index (χ4v) is 1.79. The van der Waals surface area contributed by atoms with E-state index in [0.717, 1.165) is 11.4 Å². The van der Waals surface area contributed by atoms with E-state index in [1.165, 1.54) is 12.8 Å². The highest BCUT2D eigenvalue weighted by atomic mass is 16.5. The number of urea groups is 1. The lowest BCUT2D eigenvalue weighted by Gasteiger charge is -2.14. The Kier molecular flexibility index (Phi) is 3.52. The monoisotopic (exact) mass is 234 g/mol. The van der Waals surface area contributed by atoms with Crippen molar-refractivity contribution in [3.05, 3.63) is 24.3 Å². The zero-order valence-electron chi connectivity index (χ0n) is 10.2. The summed E-state index contributed by atoms with van der Waals surface area (Å²) < 4.78 is 5.09. The molecular formula is C13H18N2O2. The van der Waals surface area contributed by atoms with Crippen LogP contribution in [0, 0.1) is 5.92 Å². The smallest absolute Gasteiger partial charge is 0.319 e. The molecule has 4 heteroatoms. The summed E-state index contributed by atoms with van der Waals surface area (Å²) in [5, 5.41) is 5.74. The number of amides is 2. The lowest BCUT2D eigenvalue weighted by atomic mass is 10.2. The van der Waals surface area contributed by atoms with Crippen LogP contribution in [0.1, 0.15) is 19.8 Å². The van der Waals surface area contributed by atoms with Gasteiger partial charge in [0.05, 0.1) is 7.11 Å². The van der Waals surface area contributed by atoms with Crippen LogP contribution in [0.25, 0.3) is 0 Å². The second-order valence-electron chi connectivity index (χ2n) is 4.46. The molecule has 1 saturated carbocycles. The minimum absolute atomic E-state index is 0.155. The molecule has 0 radical (unpaired) electrons. The van der Waals surface area contributed by atoms with Crippen molar-refractivity contribution in [2.24, 2.45) is 5.92 Å². The van der Waals surface area contributed by atoms with E-state index in [1.54, 1.807) is 13.2 Å². The summed E-state index contributed by atoms with van der Waals surface area (Å²) in [6.07, 6.45) is 2.45. The highest BCUT2D eigenvalue weighted by Gasteiger charge is 2.28. The molecule has 0 bridgehead atoms. The highest BCUT2D eigenvalue weighted by molar-refractivity contribution is 5.89. The van der Waals surface area contributed by atoms with E-state index in [0.29, 0.717) is 5.92 Å². The maximum atomic E-state index is 11.7. The molecule has 1 aromatic carbocycles. The Hall–Kier alpha value is -1.71. The van der Waals surface area contributed by atoms with E-state index >= 15 is 0 Å². The summed E-state index contributed by atoms with van der Waals surface area (Å²) in [5.74, 6) is 1.39. The number of ether oxygens (including phenoxy) is 1. The average Bonchev–Trinajstić information content (AvgIpc) is 3.12. The predicted octanol–water partition coefficient (Wildman–Crippen LogP) is 2.62. The third kappa shape index (κ3) is 3.37. The van der Waals surface area contributed by atoms with Crippen molar-refractivity contribution < 1.29 is 9.53 Å². The Bertz CT molecular complexity index is 402. The molecule has 17 heavy (non-hydrogen) atoms. The predicted molar refractivity (Wildman–Crippen MR) is 67.3 cm³/mol. The van der Waals surface area contributed by atoms with Crippen molar-refractivity contribution in [2.75, 3.05) is 12.4 Å². The van der Waals surface area contributed by atoms with Gasteiger partial charge >= 0.3 is 6.03 Å². The molecule has 4 nitrogen and oxygen atoms in total. The number of hydrogen-bond acceptors (Lipinski definition) is 2. The van der Waals surface area contributed by atoms with Crippen LogP contribution >= 0.6 is 0 Å². The quantitative estimate of drug-likeness (QED) is 0.841. The Morgan fingerprint density at radius 1 is 1.47 bits per heavy atom. The normalized spacial score (nSPS) is 16.1. The van der Waals surface area contributed by atoms with Crippen LogP contribution in [0.15, 0.2) is 24.3 Å². The number of rotatable bonds is 4. The Balaban J connectivity index is 1.88. The molecule has 1 aliphatic rings. The summed E-state index contributed by atoms with van der Waals surface area (Å²) >= 11 is 0. The number of hydrogen-bond donors (Lipinski definition) is 2. The minimum atomic E-state index is -0.155. The van der Waals surface area contributed by atoms with E-state index in [2.05, 4.69) is 10.6 Å². The van der Waals surface area contributed by atoms with Gasteiger partial charge in [0, 0.05) is 17.8 Å². The molecule has 0 saturated heterocycles. The van der Waals surface area contributed by atoms with Crippen molar-refractivity contribution >= 4 is 11.7 Å². The number of nitrogens with one attached hydrogen (secondary N) is 2. The third-order valence-electron chi connectivity index (χ3n) is 3.02. The second-order valence-corrected chi connectivity index (χ2v) is 4.46. The van der Waals surface area contributed by atoms with Crippen molar-refractivity contribution in [1.29, 1.82) is 0 Å². The third-order valence-corrected chi connectivity index (χ3v) is 3.02. The molecule has 92 valence electrons. The standard InChI is InChI=1S/C13H18N2O2/c1-9(10-6-7-10)14-13(16)15-11-4-3-5-12(8-11)17-2/h3-5,8-10H,6-7H2,1-2H3,(H2,14,15,16). The molecule has 1 unspecified atom stereocenters. The first-order valence-electron chi connectivity index (χ1n) is 5.90. The molecule has 1 atom stereocenters. The zero-order chi connectivity index (χ0) is 12.3. The van der Waals surface area contributed by atoms with Gasteiger partial charge in [-0.25, -0.2) is 4.79 Å². The zero-order valence-corrected chi connectivity index (χ0v) is 10.2. The lowest BCUT2D eigenvalue weighted by molar-refractivity contribution is 0.248. The van der Waals surface area contributed by atoms with Gasteiger partial charge in [0.1, 0.15) is 5.75 Å². The van der Waals surface area contributed by atoms with Gasteiger partial charge in [0.2, 0.25) is 0 Å². The number of anilines is 1. The number of carbonyl (C=O) groups excluding carboxylic acids is 1. The van der Waals surface area contributed by atoms with Crippen LogP contribution in [0.3, 0.4) is 0 Å². The summed E-state index contributed by atoms with van der Waals surface area (Å²) in [6.45, 7) is 2.04. The van der Waals surface area contributed by atoms with E-state index < -0.39 is 0 Å². The first-order chi connectivity index (χ1) is 8.19. The second kappa shape index (κ2) is 5.08. The van der Waals surface area contributed by atoms with Crippen LogP contribution in [0.2, 0.25) is 0 Å². The van der Waals surface area contributed by atoms with Gasteiger partial charge in [-0.05, 0) is 37.8 Å². The van der Waals surface area contributed by atoms with Crippen molar-refractivity contribution in [3.63, 3.8) is 0 Å². The van der Waals surface area contributed by atoms with E-state index in [9.17, 15) is 4.79 Å². The maximum Gasteiger partial charge on any atom is 0.319 e. The van der Waals surface area contributed by atoms with Gasteiger partial charge in [0.25, 0.3) is 0 Å². The van der Waals surface area contributed by atoms with Crippen LogP contribution in [-0.4, -0.2) is 19.2 Å². The molecule has 0 aliphatic heterocycles. The van der Waals surface area contributed by atoms with Crippen LogP contribution in [-0.2, 0) is 0 Å². The maximum absolute atomic E-state index is 11.7. The van der Waals surface area contributed by atoms with Crippen molar-refractivity contribution in [3.8, 4) is 5.75 Å². The first kappa shape index (κ1) is 11.8. The highest BCUT2D eigenvalue weighted by Crippen LogP contribution is 2.32. The van der Waals surface area contributed by atoms with E-state index in [4.69, 9.17) is 4.74 Å². The summed E-state index contributed by atoms with van der Waals surface area (Å²) in [4.78, 5) is 11.7. The molecular weight excluding hydrogens is 216 g/mol. The Labute approximate surface area is 101 Å². The molecule has 2 amide bonds. The fourth-order valence-electron chi connectivity index (χ4n) is 1.79. The van der Waals surface area contributed by atoms with Gasteiger partial charge < -0.3 is 15.4 Å². The van der Waals surface area contributed by atoms with Gasteiger partial charge in [-0.3, -0.25) is 0 Å². The molecule has 1 aromatic rings. The molecule has 0 spiro atoms. The summed E-state index contributed by atoms with van der Waals surface area (Å²) in [6, 6.07) is 7.41. The van der Waals surface area contributed by atoms with Gasteiger partial charge in [-0.15, -0.1) is 0 Å². The average molecular weight is 234 g/mol. The Morgan fingerprint density at radius 2 is 2.24 bits per heavy atom. The SMILES string of the molecule is COc1cccc(NC(=O)NC(C)C2CC2)c1. The number of benzene rings is 1. The van der Waals surface area contributed by atoms with Gasteiger partial charge in [-0.2, -0.15) is 0 Å². The van der Waals surface area contributed by atoms with Gasteiger partial charge in [0.15, 0.2) is 0 Å². The number of carbonyl (C=O) groups is 1. The summed E-state index contributed by atoms with van der Waals surface area (Å²) in [7, 11) is 1.61. The van der Waals surface area contributed by atoms with Crippen LogP contribution in [0.5, 0.6) is 5.75 Å². The molecule has 0 aromatic heterocycles. The largest absolute Gasteiger partial charge is 0.497 e. The lowest BCUT2D eigenvalue weighted by Crippen LogP contribution is -2.37. The van der Waals surface area contributed by atoms with E-state index in [-0.39, 0.29) is 12.1 Å². The first-order valence-corrected chi connectivity index (χ1v) is 5.90. The fraction of sp³-hybridized carbons (Fsp3) is 0.462. The molecule has 2 rings (SSSR count). The van der Waals surface area contributed by atoms with Crippen molar-refractivity contribution in [2.45, 2.75) is 25.8 Å². The number of methoxy groups -OCH3 is 1. The topological polar surface area (TPSA) is 50.4 Å². The molecule has 1 aliphatic carbocycles. The van der Waals surface area contributed by atoms with Gasteiger partial charge in [-0.1, -0.05) is 6.07 Å². The minimum Gasteiger partial charge on any atom is -0.497 e.